The van der Waals surface area contributed by atoms with E-state index in [9.17, 15) is 4.39 Å². The SMILES string of the molecule is CCNC(=NCc1cccc(F)c1)NCc1nccn1Cc1ccccc1.I. The van der Waals surface area contributed by atoms with Gasteiger partial charge in [-0.25, -0.2) is 14.4 Å². The molecule has 0 aliphatic rings. The molecule has 5 nitrogen and oxygen atoms in total. The van der Waals surface area contributed by atoms with Crippen molar-refractivity contribution in [3.63, 3.8) is 0 Å². The topological polar surface area (TPSA) is 54.2 Å². The highest BCUT2D eigenvalue weighted by molar-refractivity contribution is 14.0. The third-order valence-corrected chi connectivity index (χ3v) is 4.06. The van der Waals surface area contributed by atoms with Crippen molar-refractivity contribution in [1.82, 2.24) is 20.2 Å². The molecule has 3 aromatic rings. The predicted molar refractivity (Wildman–Crippen MR) is 121 cm³/mol. The van der Waals surface area contributed by atoms with Crippen LogP contribution in [0, 0.1) is 5.82 Å². The number of benzene rings is 2. The molecule has 0 saturated carbocycles. The zero-order valence-electron chi connectivity index (χ0n) is 15.8. The number of aliphatic imine (C=N–C) groups is 1. The minimum Gasteiger partial charge on any atom is -0.357 e. The number of guanidine groups is 1. The third kappa shape index (κ3) is 6.63. The van der Waals surface area contributed by atoms with Gasteiger partial charge in [-0.15, -0.1) is 24.0 Å². The molecule has 0 aliphatic heterocycles. The summed E-state index contributed by atoms with van der Waals surface area (Å²) >= 11 is 0. The van der Waals surface area contributed by atoms with E-state index in [1.165, 1.54) is 17.7 Å². The molecule has 0 bridgehead atoms. The van der Waals surface area contributed by atoms with E-state index in [0.29, 0.717) is 19.0 Å². The molecular formula is C21H25FIN5. The van der Waals surface area contributed by atoms with Crippen LogP contribution in [0.1, 0.15) is 23.9 Å². The zero-order chi connectivity index (χ0) is 18.9. The average Bonchev–Trinajstić information content (AvgIpc) is 3.12. The van der Waals surface area contributed by atoms with Crippen LogP contribution in [-0.2, 0) is 19.6 Å². The van der Waals surface area contributed by atoms with Crippen LogP contribution in [0.2, 0.25) is 0 Å². The van der Waals surface area contributed by atoms with Crippen LogP contribution in [0.4, 0.5) is 4.39 Å². The number of imidazole rings is 1. The highest BCUT2D eigenvalue weighted by atomic mass is 127. The summed E-state index contributed by atoms with van der Waals surface area (Å²) in [7, 11) is 0. The van der Waals surface area contributed by atoms with E-state index >= 15 is 0 Å². The lowest BCUT2D eigenvalue weighted by Gasteiger charge is -2.13. The van der Waals surface area contributed by atoms with Gasteiger partial charge in [-0.05, 0) is 30.2 Å². The van der Waals surface area contributed by atoms with Crippen LogP contribution in [0.15, 0.2) is 72.0 Å². The van der Waals surface area contributed by atoms with Gasteiger partial charge in [0.25, 0.3) is 0 Å². The largest absolute Gasteiger partial charge is 0.357 e. The fourth-order valence-electron chi connectivity index (χ4n) is 2.74. The van der Waals surface area contributed by atoms with Crippen LogP contribution in [0.3, 0.4) is 0 Å². The number of nitrogens with zero attached hydrogens (tertiary/aromatic N) is 3. The van der Waals surface area contributed by atoms with Crippen LogP contribution >= 0.6 is 24.0 Å². The second kappa shape index (κ2) is 11.4. The normalized spacial score (nSPS) is 11.0. The monoisotopic (exact) mass is 493 g/mol. The molecule has 7 heteroatoms. The first-order valence-corrected chi connectivity index (χ1v) is 9.05. The molecule has 0 spiro atoms. The van der Waals surface area contributed by atoms with Crippen molar-refractivity contribution in [3.8, 4) is 0 Å². The summed E-state index contributed by atoms with van der Waals surface area (Å²) in [5.41, 5.74) is 2.06. The van der Waals surface area contributed by atoms with E-state index in [1.807, 2.05) is 37.4 Å². The van der Waals surface area contributed by atoms with Gasteiger partial charge in [-0.3, -0.25) is 0 Å². The number of nitrogens with one attached hydrogen (secondary N) is 2. The van der Waals surface area contributed by atoms with Crippen molar-refractivity contribution in [2.45, 2.75) is 26.6 Å². The van der Waals surface area contributed by atoms with Crippen molar-refractivity contribution >= 4 is 29.9 Å². The molecule has 28 heavy (non-hydrogen) atoms. The molecule has 0 radical (unpaired) electrons. The molecule has 0 atom stereocenters. The van der Waals surface area contributed by atoms with E-state index in [2.05, 4.69) is 37.3 Å². The third-order valence-electron chi connectivity index (χ3n) is 4.06. The summed E-state index contributed by atoms with van der Waals surface area (Å²) in [5, 5.41) is 6.50. The molecule has 0 unspecified atom stereocenters. The lowest BCUT2D eigenvalue weighted by molar-refractivity contribution is 0.625. The zero-order valence-corrected chi connectivity index (χ0v) is 18.1. The highest BCUT2D eigenvalue weighted by Crippen LogP contribution is 2.06. The Hall–Kier alpha value is -2.42. The molecule has 2 aromatic carbocycles. The smallest absolute Gasteiger partial charge is 0.191 e. The summed E-state index contributed by atoms with van der Waals surface area (Å²) in [4.78, 5) is 8.97. The lowest BCUT2D eigenvalue weighted by Crippen LogP contribution is -2.37. The molecule has 0 amide bonds. The van der Waals surface area contributed by atoms with E-state index in [1.54, 1.807) is 12.3 Å². The molecule has 148 valence electrons. The Bertz CT molecular complexity index is 879. The number of halogens is 2. The minimum atomic E-state index is -0.247. The first-order chi connectivity index (χ1) is 13.2. The number of hydrogen-bond acceptors (Lipinski definition) is 2. The van der Waals surface area contributed by atoms with Crippen molar-refractivity contribution in [2.24, 2.45) is 4.99 Å². The highest BCUT2D eigenvalue weighted by Gasteiger charge is 2.05. The van der Waals surface area contributed by atoms with Gasteiger partial charge >= 0.3 is 0 Å². The first-order valence-electron chi connectivity index (χ1n) is 9.05. The maximum atomic E-state index is 13.3. The fourth-order valence-corrected chi connectivity index (χ4v) is 2.74. The van der Waals surface area contributed by atoms with Crippen molar-refractivity contribution in [1.29, 1.82) is 0 Å². The maximum absolute atomic E-state index is 13.3. The Morgan fingerprint density at radius 2 is 1.86 bits per heavy atom. The van der Waals surface area contributed by atoms with E-state index in [4.69, 9.17) is 0 Å². The summed E-state index contributed by atoms with van der Waals surface area (Å²) < 4.78 is 15.4. The lowest BCUT2D eigenvalue weighted by atomic mass is 10.2. The Balaban J connectivity index is 0.00000280. The summed E-state index contributed by atoms with van der Waals surface area (Å²) in [5.74, 6) is 1.36. The Labute approximate surface area is 182 Å². The van der Waals surface area contributed by atoms with Gasteiger partial charge in [0.15, 0.2) is 5.96 Å². The van der Waals surface area contributed by atoms with Crippen LogP contribution in [-0.4, -0.2) is 22.1 Å². The van der Waals surface area contributed by atoms with Gasteiger partial charge in [0, 0.05) is 25.5 Å². The van der Waals surface area contributed by atoms with Gasteiger partial charge in [-0.1, -0.05) is 42.5 Å². The summed E-state index contributed by atoms with van der Waals surface area (Å²) in [6.07, 6.45) is 3.78. The molecule has 1 aromatic heterocycles. The van der Waals surface area contributed by atoms with Crippen molar-refractivity contribution < 1.29 is 4.39 Å². The van der Waals surface area contributed by atoms with Gasteiger partial charge < -0.3 is 15.2 Å². The van der Waals surface area contributed by atoms with Gasteiger partial charge in [0.05, 0.1) is 13.1 Å². The quantitative estimate of drug-likeness (QED) is 0.298. The van der Waals surface area contributed by atoms with Crippen molar-refractivity contribution in [2.75, 3.05) is 6.54 Å². The molecule has 0 saturated heterocycles. The predicted octanol–water partition coefficient (Wildman–Crippen LogP) is 3.94. The van der Waals surface area contributed by atoms with Crippen LogP contribution < -0.4 is 10.6 Å². The molecule has 1 heterocycles. The second-order valence-corrected chi connectivity index (χ2v) is 6.14. The van der Waals surface area contributed by atoms with E-state index in [0.717, 1.165) is 24.5 Å². The molecule has 0 fully saturated rings. The van der Waals surface area contributed by atoms with Crippen LogP contribution in [0.25, 0.3) is 0 Å². The van der Waals surface area contributed by atoms with Crippen LogP contribution in [0.5, 0.6) is 0 Å². The van der Waals surface area contributed by atoms with Gasteiger partial charge in [0.2, 0.25) is 0 Å². The Morgan fingerprint density at radius 1 is 1.07 bits per heavy atom. The maximum Gasteiger partial charge on any atom is 0.191 e. The number of rotatable bonds is 7. The average molecular weight is 493 g/mol. The molecule has 3 rings (SSSR count). The van der Waals surface area contributed by atoms with Gasteiger partial charge in [0.1, 0.15) is 11.6 Å². The first kappa shape index (κ1) is 21.9. The second-order valence-electron chi connectivity index (χ2n) is 6.14. The van der Waals surface area contributed by atoms with Crippen molar-refractivity contribution in [3.05, 3.63) is 89.8 Å². The minimum absolute atomic E-state index is 0. The van der Waals surface area contributed by atoms with E-state index < -0.39 is 0 Å². The fraction of sp³-hybridized carbons (Fsp3) is 0.238. The van der Waals surface area contributed by atoms with E-state index in [-0.39, 0.29) is 29.8 Å². The standard InChI is InChI=1S/C21H24FN5.HI/c1-2-23-21(25-14-18-9-6-10-19(22)13-18)26-15-20-24-11-12-27(20)16-17-7-4-3-5-8-17;/h3-13H,2,14-16H2,1H3,(H2,23,25,26);1H. The summed E-state index contributed by atoms with van der Waals surface area (Å²) in [6, 6.07) is 16.8. The number of aromatic nitrogens is 2. The molecular weight excluding hydrogens is 468 g/mol. The number of hydrogen-bond donors (Lipinski definition) is 2. The molecule has 2 N–H and O–H groups in total. The molecule has 0 aliphatic carbocycles. The Kier molecular flexibility index (Phi) is 8.93. The van der Waals surface area contributed by atoms with Gasteiger partial charge in [-0.2, -0.15) is 0 Å². The summed E-state index contributed by atoms with van der Waals surface area (Å²) in [6.45, 7) is 4.48. The Morgan fingerprint density at radius 3 is 2.61 bits per heavy atom.